The molecule has 0 radical (unpaired) electrons. The van der Waals surface area contributed by atoms with Crippen LogP contribution in [0.3, 0.4) is 0 Å². The van der Waals surface area contributed by atoms with Gasteiger partial charge in [0.15, 0.2) is 0 Å². The highest BCUT2D eigenvalue weighted by Gasteiger charge is 2.07. The highest BCUT2D eigenvalue weighted by molar-refractivity contribution is 5.77. The van der Waals surface area contributed by atoms with E-state index in [2.05, 4.69) is 15.3 Å². The zero-order valence-electron chi connectivity index (χ0n) is 17.9. The highest BCUT2D eigenvalue weighted by Crippen LogP contribution is 2.24. The third-order valence-corrected chi connectivity index (χ3v) is 5.04. The summed E-state index contributed by atoms with van der Waals surface area (Å²) in [6, 6.07) is 25.6. The summed E-state index contributed by atoms with van der Waals surface area (Å²) in [5, 5.41) is 2.88. The van der Waals surface area contributed by atoms with Crippen molar-refractivity contribution in [3.8, 4) is 28.4 Å². The molecule has 6 heteroatoms. The van der Waals surface area contributed by atoms with Crippen molar-refractivity contribution in [3.05, 3.63) is 96.2 Å². The van der Waals surface area contributed by atoms with Crippen LogP contribution in [0.25, 0.3) is 22.6 Å². The van der Waals surface area contributed by atoms with Gasteiger partial charge in [0.2, 0.25) is 5.91 Å². The van der Waals surface area contributed by atoms with Crippen LogP contribution in [0.4, 0.5) is 0 Å². The van der Waals surface area contributed by atoms with Gasteiger partial charge >= 0.3 is 0 Å². The molecular formula is C26H25N3O3. The molecule has 0 bridgehead atoms. The summed E-state index contributed by atoms with van der Waals surface area (Å²) >= 11 is 0. The summed E-state index contributed by atoms with van der Waals surface area (Å²) in [6.07, 6.45) is 1.82. The Morgan fingerprint density at radius 3 is 2.34 bits per heavy atom. The number of benzene rings is 3. The first-order valence-corrected chi connectivity index (χ1v) is 10.4. The second kappa shape index (κ2) is 10.4. The number of nitrogens with one attached hydrogen (secondary N) is 2. The topological polar surface area (TPSA) is 76.2 Å². The molecule has 1 amide bonds. The number of H-pyrrole nitrogens is 1. The third-order valence-electron chi connectivity index (χ3n) is 5.04. The highest BCUT2D eigenvalue weighted by atomic mass is 16.5. The zero-order chi connectivity index (χ0) is 22.2. The molecule has 162 valence electrons. The molecule has 3 aromatic carbocycles. The Kier molecular flexibility index (Phi) is 6.94. The number of carbonyl (C=O) groups is 1. The van der Waals surface area contributed by atoms with Gasteiger partial charge < -0.3 is 19.8 Å². The van der Waals surface area contributed by atoms with Crippen LogP contribution < -0.4 is 10.1 Å². The molecule has 0 aliphatic rings. The van der Waals surface area contributed by atoms with Gasteiger partial charge in [-0.25, -0.2) is 4.98 Å². The van der Waals surface area contributed by atoms with Crippen LogP contribution in [0.1, 0.15) is 11.1 Å². The van der Waals surface area contributed by atoms with E-state index in [1.165, 1.54) is 0 Å². The lowest BCUT2D eigenvalue weighted by Gasteiger charge is -2.07. The SMILES string of the molecule is COc1ccc(-c2cnc(-c3ccc(CNC(=O)COCc4ccccc4)cc3)[nH]2)cc1. The Bertz CT molecular complexity index is 1140. The maximum Gasteiger partial charge on any atom is 0.246 e. The number of methoxy groups -OCH3 is 1. The van der Waals surface area contributed by atoms with E-state index in [1.54, 1.807) is 7.11 Å². The first kappa shape index (κ1) is 21.3. The summed E-state index contributed by atoms with van der Waals surface area (Å²) in [5.74, 6) is 1.47. The predicted octanol–water partition coefficient (Wildman–Crippen LogP) is 4.59. The Balaban J connectivity index is 1.27. The average molecular weight is 428 g/mol. The fraction of sp³-hybridized carbons (Fsp3) is 0.154. The number of ether oxygens (including phenoxy) is 2. The van der Waals surface area contributed by atoms with Gasteiger partial charge in [-0.05, 0) is 41.0 Å². The number of aromatic amines is 1. The Morgan fingerprint density at radius 2 is 1.62 bits per heavy atom. The summed E-state index contributed by atoms with van der Waals surface area (Å²) in [7, 11) is 1.65. The number of imidazole rings is 1. The van der Waals surface area contributed by atoms with Crippen LogP contribution in [0.5, 0.6) is 5.75 Å². The van der Waals surface area contributed by atoms with E-state index < -0.39 is 0 Å². The van der Waals surface area contributed by atoms with Crippen LogP contribution >= 0.6 is 0 Å². The van der Waals surface area contributed by atoms with Crippen molar-refractivity contribution >= 4 is 5.91 Å². The molecule has 4 aromatic rings. The third kappa shape index (κ3) is 5.62. The van der Waals surface area contributed by atoms with Crippen molar-refractivity contribution in [2.24, 2.45) is 0 Å². The molecule has 6 nitrogen and oxygen atoms in total. The quantitative estimate of drug-likeness (QED) is 0.410. The smallest absolute Gasteiger partial charge is 0.246 e. The first-order valence-electron chi connectivity index (χ1n) is 10.4. The van der Waals surface area contributed by atoms with E-state index in [0.717, 1.165) is 39.5 Å². The lowest BCUT2D eigenvalue weighted by molar-refractivity contribution is -0.126. The number of amides is 1. The molecule has 0 spiro atoms. The van der Waals surface area contributed by atoms with Gasteiger partial charge in [0, 0.05) is 12.1 Å². The molecule has 0 aliphatic carbocycles. The molecule has 1 heterocycles. The fourth-order valence-electron chi connectivity index (χ4n) is 3.25. The number of carbonyl (C=O) groups excluding carboxylic acids is 1. The molecular weight excluding hydrogens is 402 g/mol. The van der Waals surface area contributed by atoms with Crippen LogP contribution in [-0.4, -0.2) is 29.6 Å². The molecule has 0 saturated carbocycles. The molecule has 0 saturated heterocycles. The van der Waals surface area contributed by atoms with Gasteiger partial charge in [0.1, 0.15) is 18.2 Å². The normalized spacial score (nSPS) is 10.7. The zero-order valence-corrected chi connectivity index (χ0v) is 17.9. The molecule has 0 atom stereocenters. The first-order chi connectivity index (χ1) is 15.7. The fourth-order valence-corrected chi connectivity index (χ4v) is 3.25. The minimum Gasteiger partial charge on any atom is -0.497 e. The number of rotatable bonds is 9. The van der Waals surface area contributed by atoms with Crippen molar-refractivity contribution in [1.82, 2.24) is 15.3 Å². The van der Waals surface area contributed by atoms with E-state index in [9.17, 15) is 4.79 Å². The second-order valence-electron chi connectivity index (χ2n) is 7.33. The largest absolute Gasteiger partial charge is 0.497 e. The average Bonchev–Trinajstić information content (AvgIpc) is 3.34. The maximum absolute atomic E-state index is 12.0. The van der Waals surface area contributed by atoms with E-state index in [4.69, 9.17) is 9.47 Å². The lowest BCUT2D eigenvalue weighted by Crippen LogP contribution is -2.27. The van der Waals surface area contributed by atoms with Gasteiger partial charge in [0.05, 0.1) is 25.6 Å². The summed E-state index contributed by atoms with van der Waals surface area (Å²) in [4.78, 5) is 19.9. The minimum atomic E-state index is -0.139. The van der Waals surface area contributed by atoms with Crippen LogP contribution in [0.2, 0.25) is 0 Å². The molecule has 32 heavy (non-hydrogen) atoms. The summed E-state index contributed by atoms with van der Waals surface area (Å²) in [6.45, 7) is 0.904. The van der Waals surface area contributed by atoms with Gasteiger partial charge in [-0.3, -0.25) is 4.79 Å². The van der Waals surface area contributed by atoms with E-state index in [-0.39, 0.29) is 12.5 Å². The van der Waals surface area contributed by atoms with Crippen molar-refractivity contribution in [2.75, 3.05) is 13.7 Å². The standard InChI is InChI=1S/C26H25N3O3/c1-31-23-13-11-21(12-14-23)24-16-28-26(29-24)22-9-7-19(8-10-22)15-27-25(30)18-32-17-20-5-3-2-4-6-20/h2-14,16H,15,17-18H2,1H3,(H,27,30)(H,28,29). The lowest BCUT2D eigenvalue weighted by atomic mass is 10.1. The van der Waals surface area contributed by atoms with E-state index in [1.807, 2.05) is 85.1 Å². The van der Waals surface area contributed by atoms with E-state index in [0.29, 0.717) is 13.2 Å². The monoisotopic (exact) mass is 427 g/mol. The summed E-state index contributed by atoms with van der Waals surface area (Å²) < 4.78 is 10.7. The molecule has 1 aromatic heterocycles. The van der Waals surface area contributed by atoms with Gasteiger partial charge in [-0.1, -0.05) is 54.6 Å². The molecule has 0 aliphatic heterocycles. The van der Waals surface area contributed by atoms with Crippen LogP contribution in [0, 0.1) is 0 Å². The maximum atomic E-state index is 12.0. The Morgan fingerprint density at radius 1 is 0.906 bits per heavy atom. The number of nitrogens with zero attached hydrogens (tertiary/aromatic N) is 1. The molecule has 2 N–H and O–H groups in total. The predicted molar refractivity (Wildman–Crippen MR) is 124 cm³/mol. The Hall–Kier alpha value is -3.90. The van der Waals surface area contributed by atoms with E-state index >= 15 is 0 Å². The van der Waals surface area contributed by atoms with Crippen molar-refractivity contribution in [2.45, 2.75) is 13.2 Å². The van der Waals surface area contributed by atoms with Gasteiger partial charge in [-0.2, -0.15) is 0 Å². The van der Waals surface area contributed by atoms with Crippen molar-refractivity contribution < 1.29 is 14.3 Å². The number of hydrogen-bond donors (Lipinski definition) is 2. The summed E-state index contributed by atoms with van der Waals surface area (Å²) in [5.41, 5.74) is 5.01. The Labute approximate surface area is 187 Å². The van der Waals surface area contributed by atoms with Crippen molar-refractivity contribution in [1.29, 1.82) is 0 Å². The second-order valence-corrected chi connectivity index (χ2v) is 7.33. The van der Waals surface area contributed by atoms with Crippen molar-refractivity contribution in [3.63, 3.8) is 0 Å². The van der Waals surface area contributed by atoms with Gasteiger partial charge in [0.25, 0.3) is 0 Å². The molecule has 4 rings (SSSR count). The molecule has 0 fully saturated rings. The molecule has 0 unspecified atom stereocenters. The minimum absolute atomic E-state index is 0.0352. The number of hydrogen-bond acceptors (Lipinski definition) is 4. The van der Waals surface area contributed by atoms with Crippen LogP contribution in [-0.2, 0) is 22.7 Å². The van der Waals surface area contributed by atoms with Gasteiger partial charge in [-0.15, -0.1) is 0 Å². The van der Waals surface area contributed by atoms with Crippen LogP contribution in [0.15, 0.2) is 85.1 Å². The number of aromatic nitrogens is 2.